The molecule has 10 heteroatoms. The molecule has 1 saturated heterocycles. The van der Waals surface area contributed by atoms with Crippen molar-refractivity contribution in [1.82, 2.24) is 4.90 Å². The second-order valence-corrected chi connectivity index (χ2v) is 7.12. The van der Waals surface area contributed by atoms with Gasteiger partial charge in [-0.1, -0.05) is 0 Å². The maximum Gasteiger partial charge on any atom is 0.410 e. The highest BCUT2D eigenvalue weighted by molar-refractivity contribution is 5.69. The smallest absolute Gasteiger partial charge is 0.410 e. The summed E-state index contributed by atoms with van der Waals surface area (Å²) in [5.74, 6) is -0.992. The van der Waals surface area contributed by atoms with Crippen LogP contribution in [-0.4, -0.2) is 58.9 Å². The summed E-state index contributed by atoms with van der Waals surface area (Å²) in [6, 6.07) is 3.18. The van der Waals surface area contributed by atoms with E-state index in [2.05, 4.69) is 0 Å². The molecule has 1 fully saturated rings. The van der Waals surface area contributed by atoms with Gasteiger partial charge >= 0.3 is 6.09 Å². The predicted molar refractivity (Wildman–Crippen MR) is 93.8 cm³/mol. The van der Waals surface area contributed by atoms with Crippen LogP contribution in [0.15, 0.2) is 12.1 Å². The third kappa shape index (κ3) is 4.43. The van der Waals surface area contributed by atoms with Crippen molar-refractivity contribution >= 4 is 17.5 Å². The van der Waals surface area contributed by atoms with Crippen molar-refractivity contribution in [3.05, 3.63) is 33.6 Å². The summed E-state index contributed by atoms with van der Waals surface area (Å²) < 4.78 is 20.0. The first-order valence-corrected chi connectivity index (χ1v) is 8.31. The van der Waals surface area contributed by atoms with Crippen molar-refractivity contribution in [2.24, 2.45) is 0 Å². The summed E-state index contributed by atoms with van der Waals surface area (Å²) in [7, 11) is 0. The number of hydrogen-bond donors (Lipinski definition) is 1. The number of benzene rings is 1. The van der Waals surface area contributed by atoms with E-state index < -0.39 is 39.7 Å². The van der Waals surface area contributed by atoms with E-state index in [9.17, 15) is 24.4 Å². The quantitative estimate of drug-likeness (QED) is 0.629. The topological polar surface area (TPSA) is 120 Å². The molecule has 9 nitrogen and oxygen atoms in total. The number of aliphatic hydroxyl groups is 1. The monoisotopic (exact) mass is 380 g/mol. The molecule has 146 valence electrons. The van der Waals surface area contributed by atoms with Crippen LogP contribution in [0.5, 0.6) is 0 Å². The number of anilines is 1. The highest BCUT2D eigenvalue weighted by Gasteiger charge is 2.34. The summed E-state index contributed by atoms with van der Waals surface area (Å²) in [6.07, 6.45) is -0.580. The van der Waals surface area contributed by atoms with Crippen molar-refractivity contribution in [3.8, 4) is 6.07 Å². The van der Waals surface area contributed by atoms with Crippen LogP contribution in [0.1, 0.15) is 26.3 Å². The maximum atomic E-state index is 14.7. The Bertz CT molecular complexity index is 787. The highest BCUT2D eigenvalue weighted by Crippen LogP contribution is 2.30. The molecule has 0 aromatic heterocycles. The van der Waals surface area contributed by atoms with Gasteiger partial charge in [0.15, 0.2) is 11.4 Å². The Labute approximate surface area is 155 Å². The Morgan fingerprint density at radius 3 is 2.67 bits per heavy atom. The average molecular weight is 380 g/mol. The van der Waals surface area contributed by atoms with Gasteiger partial charge in [0.2, 0.25) is 0 Å². The number of aliphatic hydroxyl groups excluding tert-OH is 1. The van der Waals surface area contributed by atoms with Gasteiger partial charge in [0, 0.05) is 25.7 Å². The minimum atomic E-state index is -0.992. The van der Waals surface area contributed by atoms with Crippen molar-refractivity contribution in [2.75, 3.05) is 31.1 Å². The summed E-state index contributed by atoms with van der Waals surface area (Å²) in [6.45, 7) is 5.29. The van der Waals surface area contributed by atoms with E-state index in [4.69, 9.17) is 10.00 Å². The third-order valence-electron chi connectivity index (χ3n) is 4.07. The number of rotatable bonds is 3. The molecule has 1 aliphatic heterocycles. The van der Waals surface area contributed by atoms with Crippen LogP contribution in [0.4, 0.5) is 20.6 Å². The Balaban J connectivity index is 2.25. The first kappa shape index (κ1) is 20.4. The zero-order valence-corrected chi connectivity index (χ0v) is 15.3. The van der Waals surface area contributed by atoms with Crippen LogP contribution in [-0.2, 0) is 4.74 Å². The molecular formula is C17H21FN4O5. The number of hydrogen-bond acceptors (Lipinski definition) is 7. The Morgan fingerprint density at radius 2 is 2.15 bits per heavy atom. The zero-order valence-electron chi connectivity index (χ0n) is 15.3. The summed E-state index contributed by atoms with van der Waals surface area (Å²) in [4.78, 5) is 25.3. The van der Waals surface area contributed by atoms with Crippen molar-refractivity contribution in [3.63, 3.8) is 0 Å². The lowest BCUT2D eigenvalue weighted by Crippen LogP contribution is -2.57. The molecule has 2 rings (SSSR count). The van der Waals surface area contributed by atoms with Crippen LogP contribution in [0.3, 0.4) is 0 Å². The highest BCUT2D eigenvalue weighted by atomic mass is 19.1. The minimum Gasteiger partial charge on any atom is -0.444 e. The summed E-state index contributed by atoms with van der Waals surface area (Å²) in [5, 5.41) is 29.7. The molecule has 1 aliphatic rings. The zero-order chi connectivity index (χ0) is 20.4. The molecule has 1 atom stereocenters. The first-order valence-electron chi connectivity index (χ1n) is 8.31. The molecule has 1 amide bonds. The summed E-state index contributed by atoms with van der Waals surface area (Å²) in [5.41, 5.74) is -1.93. The molecule has 1 aromatic rings. The van der Waals surface area contributed by atoms with Crippen molar-refractivity contribution < 1.29 is 24.0 Å². The second-order valence-electron chi connectivity index (χ2n) is 7.12. The van der Waals surface area contributed by atoms with Gasteiger partial charge in [-0.3, -0.25) is 15.0 Å². The predicted octanol–water partition coefficient (Wildman–Crippen LogP) is 2.02. The molecule has 0 aliphatic carbocycles. The van der Waals surface area contributed by atoms with E-state index in [1.807, 2.05) is 0 Å². The van der Waals surface area contributed by atoms with Crippen LogP contribution in [0, 0.1) is 27.3 Å². The molecule has 1 aromatic carbocycles. The van der Waals surface area contributed by atoms with Gasteiger partial charge in [0.1, 0.15) is 11.7 Å². The van der Waals surface area contributed by atoms with Gasteiger partial charge in [-0.25, -0.2) is 9.18 Å². The number of ether oxygens (including phenoxy) is 1. The largest absolute Gasteiger partial charge is 0.444 e. The van der Waals surface area contributed by atoms with Crippen LogP contribution in [0.25, 0.3) is 0 Å². The molecule has 0 unspecified atom stereocenters. The third-order valence-corrected chi connectivity index (χ3v) is 4.07. The first-order chi connectivity index (χ1) is 12.6. The van der Waals surface area contributed by atoms with E-state index in [0.717, 1.165) is 6.07 Å². The van der Waals surface area contributed by atoms with E-state index in [0.29, 0.717) is 0 Å². The lowest BCUT2D eigenvalue weighted by molar-refractivity contribution is -0.385. The second kappa shape index (κ2) is 7.75. The standard InChI is InChI=1S/C17H21FN4O5/c1-17(2,3)27-16(24)21-7-6-20(9-11(21)10-23)14-5-4-13(22(25)26)12(8-19)15(14)18/h4-5,11,23H,6-7,9-10H2,1-3H3/t11-/m0/s1. The van der Waals surface area contributed by atoms with Gasteiger partial charge in [0.25, 0.3) is 5.69 Å². The Hall–Kier alpha value is -2.93. The van der Waals surface area contributed by atoms with E-state index in [-0.39, 0.29) is 31.9 Å². The Morgan fingerprint density at radius 1 is 1.48 bits per heavy atom. The van der Waals surface area contributed by atoms with Crippen molar-refractivity contribution in [1.29, 1.82) is 5.26 Å². The van der Waals surface area contributed by atoms with Crippen LogP contribution >= 0.6 is 0 Å². The van der Waals surface area contributed by atoms with Crippen LogP contribution in [0.2, 0.25) is 0 Å². The number of nitriles is 1. The molecule has 1 N–H and O–H groups in total. The van der Waals surface area contributed by atoms with E-state index in [1.165, 1.54) is 17.0 Å². The number of halogens is 1. The van der Waals surface area contributed by atoms with Gasteiger partial charge in [0.05, 0.1) is 23.3 Å². The lowest BCUT2D eigenvalue weighted by Gasteiger charge is -2.42. The normalized spacial score (nSPS) is 17.4. The molecule has 27 heavy (non-hydrogen) atoms. The van der Waals surface area contributed by atoms with Gasteiger partial charge < -0.3 is 14.7 Å². The fraction of sp³-hybridized carbons (Fsp3) is 0.529. The number of nitro groups is 1. The number of nitro benzene ring substituents is 1. The van der Waals surface area contributed by atoms with Gasteiger partial charge in [-0.05, 0) is 26.8 Å². The van der Waals surface area contributed by atoms with E-state index in [1.54, 1.807) is 25.7 Å². The lowest BCUT2D eigenvalue weighted by atomic mass is 10.1. The van der Waals surface area contributed by atoms with Crippen molar-refractivity contribution in [2.45, 2.75) is 32.4 Å². The number of piperazine rings is 1. The van der Waals surface area contributed by atoms with E-state index >= 15 is 0 Å². The number of carbonyl (C=O) groups excluding carboxylic acids is 1. The molecule has 0 saturated carbocycles. The van der Waals surface area contributed by atoms with Gasteiger partial charge in [-0.15, -0.1) is 0 Å². The SMILES string of the molecule is CC(C)(C)OC(=O)N1CCN(c2ccc([N+](=O)[O-])c(C#N)c2F)C[C@H]1CO. The molecular weight excluding hydrogens is 359 g/mol. The average Bonchev–Trinajstić information content (AvgIpc) is 2.59. The molecule has 0 bridgehead atoms. The van der Waals surface area contributed by atoms with Gasteiger partial charge in [-0.2, -0.15) is 5.26 Å². The molecule has 0 spiro atoms. The molecule has 0 radical (unpaired) electrons. The molecule has 1 heterocycles. The number of carbonyl (C=O) groups is 1. The fourth-order valence-electron chi connectivity index (χ4n) is 2.85. The number of nitrogens with zero attached hydrogens (tertiary/aromatic N) is 4. The van der Waals surface area contributed by atoms with Crippen LogP contribution < -0.4 is 4.90 Å². The fourth-order valence-corrected chi connectivity index (χ4v) is 2.85. The summed E-state index contributed by atoms with van der Waals surface area (Å²) >= 11 is 0. The maximum absolute atomic E-state index is 14.7. The Kier molecular flexibility index (Phi) is 5.85. The number of amides is 1. The minimum absolute atomic E-state index is 0.0134.